The van der Waals surface area contributed by atoms with Gasteiger partial charge < -0.3 is 16.0 Å². The van der Waals surface area contributed by atoms with Crippen LogP contribution in [0.15, 0.2) is 18.2 Å². The number of rotatable bonds is 4. The summed E-state index contributed by atoms with van der Waals surface area (Å²) < 4.78 is 0. The number of hydrogen-bond donors (Lipinski definition) is 2. The van der Waals surface area contributed by atoms with Gasteiger partial charge in [0.1, 0.15) is 11.5 Å². The summed E-state index contributed by atoms with van der Waals surface area (Å²) in [6, 6.07) is 5.48. The lowest BCUT2D eigenvalue weighted by atomic mass is 10.0. The number of pyridine rings is 1. The molecule has 3 rings (SSSR count). The van der Waals surface area contributed by atoms with E-state index in [1.807, 2.05) is 11.0 Å². The summed E-state index contributed by atoms with van der Waals surface area (Å²) in [5.74, 6) is 0.757. The highest BCUT2D eigenvalue weighted by molar-refractivity contribution is 5.91. The van der Waals surface area contributed by atoms with E-state index in [4.69, 9.17) is 5.73 Å². The molecular weight excluding hydrogens is 268 g/mol. The van der Waals surface area contributed by atoms with Crippen LogP contribution in [0, 0.1) is 5.92 Å². The van der Waals surface area contributed by atoms with Crippen LogP contribution in [0.25, 0.3) is 0 Å². The van der Waals surface area contributed by atoms with Gasteiger partial charge in [-0.3, -0.25) is 9.59 Å². The molecule has 0 spiro atoms. The molecule has 3 N–H and O–H groups in total. The Morgan fingerprint density at radius 2 is 1.90 bits per heavy atom. The molecule has 6 heteroatoms. The summed E-state index contributed by atoms with van der Waals surface area (Å²) in [5, 5.41) is 3.32. The molecule has 1 aliphatic carbocycles. The molecule has 2 fully saturated rings. The van der Waals surface area contributed by atoms with Crippen molar-refractivity contribution < 1.29 is 9.59 Å². The fourth-order valence-electron chi connectivity index (χ4n) is 2.69. The van der Waals surface area contributed by atoms with Crippen LogP contribution in [0.5, 0.6) is 0 Å². The highest BCUT2D eigenvalue weighted by atomic mass is 16.2. The van der Waals surface area contributed by atoms with Crippen LogP contribution >= 0.6 is 0 Å². The van der Waals surface area contributed by atoms with Gasteiger partial charge in [-0.2, -0.15) is 0 Å². The number of likely N-dealkylation sites (tertiary alicyclic amines) is 1. The Bertz CT molecular complexity index is 548. The van der Waals surface area contributed by atoms with Gasteiger partial charge in [-0.15, -0.1) is 0 Å². The number of hydrogen-bond acceptors (Lipinski definition) is 4. The molecule has 0 atom stereocenters. The van der Waals surface area contributed by atoms with E-state index in [1.165, 1.54) is 0 Å². The Kier molecular flexibility index (Phi) is 3.77. The monoisotopic (exact) mass is 288 g/mol. The smallest absolute Gasteiger partial charge is 0.267 e. The molecule has 112 valence electrons. The molecule has 1 aliphatic heterocycles. The molecule has 0 radical (unpaired) electrons. The molecule has 21 heavy (non-hydrogen) atoms. The van der Waals surface area contributed by atoms with E-state index in [0.29, 0.717) is 17.6 Å². The van der Waals surface area contributed by atoms with Gasteiger partial charge in [0.2, 0.25) is 5.91 Å². The summed E-state index contributed by atoms with van der Waals surface area (Å²) in [4.78, 5) is 29.3. The Morgan fingerprint density at radius 3 is 2.52 bits per heavy atom. The fraction of sp³-hybridized carbons (Fsp3) is 0.533. The fourth-order valence-corrected chi connectivity index (χ4v) is 2.69. The number of primary amides is 1. The van der Waals surface area contributed by atoms with Crippen LogP contribution in [0.2, 0.25) is 0 Å². The first-order valence-electron chi connectivity index (χ1n) is 7.45. The standard InChI is InChI=1S/C15H20N4O2/c16-14(20)12-2-1-3-13(18-12)17-11-6-8-19(9-7-11)15(21)10-4-5-10/h1-3,10-11H,4-9H2,(H2,16,20)(H,17,18). The third-order valence-corrected chi connectivity index (χ3v) is 4.09. The Morgan fingerprint density at radius 1 is 1.19 bits per heavy atom. The number of nitrogens with two attached hydrogens (primary N) is 1. The zero-order chi connectivity index (χ0) is 14.8. The van der Waals surface area contributed by atoms with E-state index in [2.05, 4.69) is 10.3 Å². The lowest BCUT2D eigenvalue weighted by molar-refractivity contribution is -0.133. The number of anilines is 1. The highest BCUT2D eigenvalue weighted by Crippen LogP contribution is 2.32. The summed E-state index contributed by atoms with van der Waals surface area (Å²) in [7, 11) is 0. The zero-order valence-corrected chi connectivity index (χ0v) is 11.9. The first kappa shape index (κ1) is 13.9. The van der Waals surface area contributed by atoms with Crippen LogP contribution < -0.4 is 11.1 Å². The van der Waals surface area contributed by atoms with E-state index in [0.717, 1.165) is 38.8 Å². The largest absolute Gasteiger partial charge is 0.367 e. The van der Waals surface area contributed by atoms with Crippen molar-refractivity contribution in [2.45, 2.75) is 31.7 Å². The summed E-state index contributed by atoms with van der Waals surface area (Å²) in [6.07, 6.45) is 3.92. The summed E-state index contributed by atoms with van der Waals surface area (Å²) >= 11 is 0. The lowest BCUT2D eigenvalue weighted by Gasteiger charge is -2.32. The molecule has 6 nitrogen and oxygen atoms in total. The number of amides is 2. The average Bonchev–Trinajstić information content (AvgIpc) is 3.32. The van der Waals surface area contributed by atoms with E-state index in [1.54, 1.807) is 12.1 Å². The van der Waals surface area contributed by atoms with Crippen LogP contribution in [-0.4, -0.2) is 40.8 Å². The minimum absolute atomic E-state index is 0.265. The van der Waals surface area contributed by atoms with Crippen LogP contribution in [0.3, 0.4) is 0 Å². The molecule has 0 aromatic carbocycles. The van der Waals surface area contributed by atoms with Crippen molar-refractivity contribution in [3.63, 3.8) is 0 Å². The van der Waals surface area contributed by atoms with Crippen molar-refractivity contribution >= 4 is 17.6 Å². The first-order chi connectivity index (χ1) is 10.1. The Hall–Kier alpha value is -2.11. The first-order valence-corrected chi connectivity index (χ1v) is 7.45. The number of nitrogens with one attached hydrogen (secondary N) is 1. The molecule has 1 aromatic rings. The maximum atomic E-state index is 12.0. The van der Waals surface area contributed by atoms with Gasteiger partial charge in [0, 0.05) is 25.0 Å². The average molecular weight is 288 g/mol. The normalized spacial score (nSPS) is 19.3. The second-order valence-corrected chi connectivity index (χ2v) is 5.79. The second kappa shape index (κ2) is 5.71. The van der Waals surface area contributed by atoms with Crippen molar-refractivity contribution in [1.29, 1.82) is 0 Å². The number of piperidine rings is 1. The van der Waals surface area contributed by atoms with Crippen molar-refractivity contribution in [2.75, 3.05) is 18.4 Å². The third-order valence-electron chi connectivity index (χ3n) is 4.09. The van der Waals surface area contributed by atoms with E-state index >= 15 is 0 Å². The molecule has 1 aromatic heterocycles. The molecule has 1 saturated heterocycles. The predicted octanol–water partition coefficient (Wildman–Crippen LogP) is 0.993. The number of aromatic nitrogens is 1. The Labute approximate surface area is 123 Å². The minimum atomic E-state index is -0.525. The van der Waals surface area contributed by atoms with Crippen molar-refractivity contribution in [2.24, 2.45) is 11.7 Å². The van der Waals surface area contributed by atoms with E-state index in [-0.39, 0.29) is 11.7 Å². The maximum Gasteiger partial charge on any atom is 0.267 e. The van der Waals surface area contributed by atoms with Gasteiger partial charge in [-0.25, -0.2) is 4.98 Å². The number of nitrogens with zero attached hydrogens (tertiary/aromatic N) is 2. The quantitative estimate of drug-likeness (QED) is 0.865. The van der Waals surface area contributed by atoms with E-state index in [9.17, 15) is 9.59 Å². The van der Waals surface area contributed by atoms with Crippen LogP contribution in [0.1, 0.15) is 36.2 Å². The van der Waals surface area contributed by atoms with Gasteiger partial charge in [-0.05, 0) is 37.8 Å². The van der Waals surface area contributed by atoms with Gasteiger partial charge >= 0.3 is 0 Å². The number of carbonyl (C=O) groups is 2. The van der Waals surface area contributed by atoms with Gasteiger partial charge in [0.15, 0.2) is 0 Å². The molecular formula is C15H20N4O2. The van der Waals surface area contributed by atoms with E-state index < -0.39 is 5.91 Å². The van der Waals surface area contributed by atoms with Crippen molar-refractivity contribution in [1.82, 2.24) is 9.88 Å². The molecule has 2 aliphatic rings. The summed E-state index contributed by atoms with van der Waals surface area (Å²) in [6.45, 7) is 1.59. The maximum absolute atomic E-state index is 12.0. The Balaban J connectivity index is 1.54. The SMILES string of the molecule is NC(=O)c1cccc(NC2CCN(C(=O)C3CC3)CC2)n1. The molecule has 0 bridgehead atoms. The van der Waals surface area contributed by atoms with Crippen LogP contribution in [-0.2, 0) is 4.79 Å². The molecule has 1 saturated carbocycles. The molecule has 0 unspecified atom stereocenters. The zero-order valence-electron chi connectivity index (χ0n) is 11.9. The molecule has 2 amide bonds. The van der Waals surface area contributed by atoms with Gasteiger partial charge in [0.05, 0.1) is 0 Å². The van der Waals surface area contributed by atoms with Crippen molar-refractivity contribution in [3.8, 4) is 0 Å². The molecule has 2 heterocycles. The topological polar surface area (TPSA) is 88.3 Å². The minimum Gasteiger partial charge on any atom is -0.367 e. The van der Waals surface area contributed by atoms with Crippen LogP contribution in [0.4, 0.5) is 5.82 Å². The predicted molar refractivity (Wildman–Crippen MR) is 78.7 cm³/mol. The highest BCUT2D eigenvalue weighted by Gasteiger charge is 2.34. The van der Waals surface area contributed by atoms with Gasteiger partial charge in [-0.1, -0.05) is 6.07 Å². The summed E-state index contributed by atoms with van der Waals surface area (Å²) in [5.41, 5.74) is 5.49. The third kappa shape index (κ3) is 3.32. The van der Waals surface area contributed by atoms with Gasteiger partial charge in [0.25, 0.3) is 5.91 Å². The number of carbonyl (C=O) groups excluding carboxylic acids is 2. The lowest BCUT2D eigenvalue weighted by Crippen LogP contribution is -2.43. The van der Waals surface area contributed by atoms with Crippen molar-refractivity contribution in [3.05, 3.63) is 23.9 Å². The second-order valence-electron chi connectivity index (χ2n) is 5.79.